The minimum atomic E-state index is -0.726. The highest BCUT2D eigenvalue weighted by Gasteiger charge is 2.15. The van der Waals surface area contributed by atoms with Crippen molar-refractivity contribution in [3.63, 3.8) is 0 Å². The van der Waals surface area contributed by atoms with E-state index in [1.807, 2.05) is 39.0 Å². The zero-order valence-corrected chi connectivity index (χ0v) is 10.9. The molecule has 1 aromatic heterocycles. The van der Waals surface area contributed by atoms with Gasteiger partial charge in [-0.05, 0) is 38.0 Å². The van der Waals surface area contributed by atoms with Crippen molar-refractivity contribution in [3.8, 4) is 0 Å². The van der Waals surface area contributed by atoms with E-state index in [2.05, 4.69) is 11.1 Å². The number of aliphatic hydroxyl groups excluding tert-OH is 1. The van der Waals surface area contributed by atoms with Crippen LogP contribution in [0.4, 0.5) is 5.82 Å². The first kappa shape index (κ1) is 12.6. The molecule has 94 valence electrons. The van der Waals surface area contributed by atoms with Crippen molar-refractivity contribution in [2.75, 3.05) is 5.73 Å². The fourth-order valence-electron chi connectivity index (χ4n) is 2.17. The maximum Gasteiger partial charge on any atom is 0.129 e. The van der Waals surface area contributed by atoms with Gasteiger partial charge in [0.15, 0.2) is 0 Å². The molecule has 1 aromatic carbocycles. The van der Waals surface area contributed by atoms with Crippen molar-refractivity contribution in [2.45, 2.75) is 26.9 Å². The van der Waals surface area contributed by atoms with Crippen LogP contribution in [0.3, 0.4) is 0 Å². The third-order valence-corrected chi connectivity index (χ3v) is 2.94. The van der Waals surface area contributed by atoms with E-state index in [1.54, 1.807) is 6.20 Å². The van der Waals surface area contributed by atoms with Gasteiger partial charge in [0, 0.05) is 11.8 Å². The first-order chi connectivity index (χ1) is 8.47. The Balaban J connectivity index is 2.47. The number of aryl methyl sites for hydroxylation is 3. The fraction of sp³-hybridized carbons (Fsp3) is 0.267. The molecule has 0 aliphatic rings. The van der Waals surface area contributed by atoms with Gasteiger partial charge in [-0.1, -0.05) is 29.3 Å². The second-order valence-electron chi connectivity index (χ2n) is 4.81. The standard InChI is InChI=1S/C15H18N2O/c1-9-4-10(2)6-12(5-9)14(18)13-7-11(3)8-17-15(13)16/h4-8,14,18H,1-3H3,(H2,16,17). The van der Waals surface area contributed by atoms with Gasteiger partial charge in [-0.3, -0.25) is 0 Å². The Hall–Kier alpha value is -1.87. The number of aliphatic hydroxyl groups is 1. The lowest BCUT2D eigenvalue weighted by atomic mass is 9.98. The summed E-state index contributed by atoms with van der Waals surface area (Å²) in [5, 5.41) is 10.4. The number of hydrogen-bond acceptors (Lipinski definition) is 3. The molecule has 3 heteroatoms. The molecule has 0 aliphatic carbocycles. The Bertz CT molecular complexity index is 558. The molecule has 0 amide bonds. The smallest absolute Gasteiger partial charge is 0.129 e. The molecule has 2 rings (SSSR count). The van der Waals surface area contributed by atoms with Crippen LogP contribution in [0.1, 0.15) is 33.9 Å². The van der Waals surface area contributed by atoms with Gasteiger partial charge in [0.25, 0.3) is 0 Å². The first-order valence-corrected chi connectivity index (χ1v) is 5.95. The highest BCUT2D eigenvalue weighted by molar-refractivity contribution is 5.47. The van der Waals surface area contributed by atoms with Crippen LogP contribution in [0, 0.1) is 20.8 Å². The fourth-order valence-corrected chi connectivity index (χ4v) is 2.17. The number of nitrogen functional groups attached to an aromatic ring is 1. The van der Waals surface area contributed by atoms with Gasteiger partial charge in [-0.25, -0.2) is 4.98 Å². The van der Waals surface area contributed by atoms with E-state index in [0.717, 1.165) is 22.3 Å². The summed E-state index contributed by atoms with van der Waals surface area (Å²) in [4.78, 5) is 4.09. The molecular formula is C15H18N2O. The van der Waals surface area contributed by atoms with Crippen molar-refractivity contribution in [1.82, 2.24) is 4.98 Å². The van der Waals surface area contributed by atoms with Crippen LogP contribution in [0.15, 0.2) is 30.5 Å². The average molecular weight is 242 g/mol. The molecule has 3 N–H and O–H groups in total. The number of anilines is 1. The van der Waals surface area contributed by atoms with E-state index in [1.165, 1.54) is 0 Å². The predicted octanol–water partition coefficient (Wildman–Crippen LogP) is 2.67. The molecule has 0 fully saturated rings. The Kier molecular flexibility index (Phi) is 3.34. The molecule has 0 saturated heterocycles. The molecular weight excluding hydrogens is 224 g/mol. The molecule has 0 spiro atoms. The SMILES string of the molecule is Cc1cc(C)cc(C(O)c2cc(C)cnc2N)c1. The minimum Gasteiger partial charge on any atom is -0.384 e. The normalized spacial score (nSPS) is 12.4. The number of pyridine rings is 1. The molecule has 1 heterocycles. The van der Waals surface area contributed by atoms with Crippen LogP contribution in [0.2, 0.25) is 0 Å². The first-order valence-electron chi connectivity index (χ1n) is 5.95. The lowest BCUT2D eigenvalue weighted by molar-refractivity contribution is 0.220. The van der Waals surface area contributed by atoms with Crippen LogP contribution >= 0.6 is 0 Å². The van der Waals surface area contributed by atoms with Crippen LogP contribution in [-0.2, 0) is 0 Å². The van der Waals surface area contributed by atoms with Crippen molar-refractivity contribution >= 4 is 5.82 Å². The maximum atomic E-state index is 10.4. The Labute approximate surface area is 107 Å². The summed E-state index contributed by atoms with van der Waals surface area (Å²) >= 11 is 0. The van der Waals surface area contributed by atoms with E-state index < -0.39 is 6.10 Å². The number of nitrogens with two attached hydrogens (primary N) is 1. The topological polar surface area (TPSA) is 59.1 Å². The molecule has 0 saturated carbocycles. The van der Waals surface area contributed by atoms with Crippen LogP contribution in [-0.4, -0.2) is 10.1 Å². The zero-order valence-electron chi connectivity index (χ0n) is 10.9. The van der Waals surface area contributed by atoms with Crippen molar-refractivity contribution in [2.24, 2.45) is 0 Å². The largest absolute Gasteiger partial charge is 0.384 e. The molecule has 2 aromatic rings. The van der Waals surface area contributed by atoms with Gasteiger partial charge in [0.2, 0.25) is 0 Å². The quantitative estimate of drug-likeness (QED) is 0.851. The third-order valence-electron chi connectivity index (χ3n) is 2.94. The molecule has 0 aliphatic heterocycles. The van der Waals surface area contributed by atoms with Gasteiger partial charge >= 0.3 is 0 Å². The van der Waals surface area contributed by atoms with E-state index >= 15 is 0 Å². The second kappa shape index (κ2) is 4.78. The highest BCUT2D eigenvalue weighted by atomic mass is 16.3. The zero-order chi connectivity index (χ0) is 13.3. The highest BCUT2D eigenvalue weighted by Crippen LogP contribution is 2.27. The monoisotopic (exact) mass is 242 g/mol. The van der Waals surface area contributed by atoms with Crippen LogP contribution in [0.5, 0.6) is 0 Å². The van der Waals surface area contributed by atoms with Crippen LogP contribution in [0.25, 0.3) is 0 Å². The molecule has 1 atom stereocenters. The van der Waals surface area contributed by atoms with Crippen molar-refractivity contribution in [1.29, 1.82) is 0 Å². The summed E-state index contributed by atoms with van der Waals surface area (Å²) in [6.45, 7) is 5.96. The van der Waals surface area contributed by atoms with E-state index in [-0.39, 0.29) is 0 Å². The van der Waals surface area contributed by atoms with E-state index in [4.69, 9.17) is 5.73 Å². The Morgan fingerprint density at radius 3 is 2.22 bits per heavy atom. The Morgan fingerprint density at radius 1 is 1.00 bits per heavy atom. The summed E-state index contributed by atoms with van der Waals surface area (Å²) < 4.78 is 0. The average Bonchev–Trinajstić information content (AvgIpc) is 2.30. The van der Waals surface area contributed by atoms with Gasteiger partial charge < -0.3 is 10.8 Å². The summed E-state index contributed by atoms with van der Waals surface area (Å²) in [6, 6.07) is 7.90. The van der Waals surface area contributed by atoms with Crippen LogP contribution < -0.4 is 5.73 Å². The third kappa shape index (κ3) is 2.51. The molecule has 1 unspecified atom stereocenters. The second-order valence-corrected chi connectivity index (χ2v) is 4.81. The number of hydrogen-bond donors (Lipinski definition) is 2. The van der Waals surface area contributed by atoms with Crippen molar-refractivity contribution in [3.05, 3.63) is 58.3 Å². The lowest BCUT2D eigenvalue weighted by Gasteiger charge is -2.15. The van der Waals surface area contributed by atoms with Gasteiger partial charge in [-0.15, -0.1) is 0 Å². The molecule has 18 heavy (non-hydrogen) atoms. The maximum absolute atomic E-state index is 10.4. The summed E-state index contributed by atoms with van der Waals surface area (Å²) in [7, 11) is 0. The van der Waals surface area contributed by atoms with Gasteiger partial charge in [0.1, 0.15) is 11.9 Å². The summed E-state index contributed by atoms with van der Waals surface area (Å²) in [5.74, 6) is 0.382. The molecule has 3 nitrogen and oxygen atoms in total. The predicted molar refractivity (Wildman–Crippen MR) is 73.4 cm³/mol. The number of rotatable bonds is 2. The Morgan fingerprint density at radius 2 is 1.61 bits per heavy atom. The lowest BCUT2D eigenvalue weighted by Crippen LogP contribution is -2.06. The van der Waals surface area contributed by atoms with Gasteiger partial charge in [0.05, 0.1) is 0 Å². The number of aromatic nitrogens is 1. The number of benzene rings is 1. The van der Waals surface area contributed by atoms with Gasteiger partial charge in [-0.2, -0.15) is 0 Å². The molecule has 0 bridgehead atoms. The summed E-state index contributed by atoms with van der Waals surface area (Å²) in [5.41, 5.74) is 10.6. The molecule has 0 radical (unpaired) electrons. The number of nitrogens with zero attached hydrogens (tertiary/aromatic N) is 1. The van der Waals surface area contributed by atoms with E-state index in [0.29, 0.717) is 11.4 Å². The van der Waals surface area contributed by atoms with E-state index in [9.17, 15) is 5.11 Å². The minimum absolute atomic E-state index is 0.382. The van der Waals surface area contributed by atoms with Crippen molar-refractivity contribution < 1.29 is 5.11 Å². The summed E-state index contributed by atoms with van der Waals surface area (Å²) in [6.07, 6.45) is 0.976.